The predicted molar refractivity (Wildman–Crippen MR) is 86.3 cm³/mol. The molecule has 0 heterocycles. The first kappa shape index (κ1) is 15.3. The van der Waals surface area contributed by atoms with Crippen molar-refractivity contribution in [2.24, 2.45) is 0 Å². The number of benzene rings is 2. The third-order valence-electron chi connectivity index (χ3n) is 3.02. The lowest BCUT2D eigenvalue weighted by Gasteiger charge is -2.05. The maximum atomic E-state index is 12.1. The van der Waals surface area contributed by atoms with Crippen molar-refractivity contribution in [2.45, 2.75) is 11.8 Å². The van der Waals surface area contributed by atoms with Crippen LogP contribution in [0, 0.1) is 6.92 Å². The quantitative estimate of drug-likeness (QED) is 0.834. The summed E-state index contributed by atoms with van der Waals surface area (Å²) in [7, 11) is -3.47. The normalized spacial score (nSPS) is 11.9. The number of para-hydroxylation sites is 1. The van der Waals surface area contributed by atoms with Gasteiger partial charge in [-0.2, -0.15) is 0 Å². The molecule has 0 aromatic heterocycles. The third-order valence-corrected chi connectivity index (χ3v) is 4.46. The second kappa shape index (κ2) is 6.56. The van der Waals surface area contributed by atoms with E-state index < -0.39 is 10.0 Å². The Labute approximate surface area is 125 Å². The number of sulfonamides is 1. The average Bonchev–Trinajstić information content (AvgIpc) is 2.46. The number of nitrogens with one attached hydrogen (secondary N) is 1. The molecule has 0 atom stereocenters. The van der Waals surface area contributed by atoms with Gasteiger partial charge in [-0.1, -0.05) is 48.0 Å². The van der Waals surface area contributed by atoms with Gasteiger partial charge < -0.3 is 5.73 Å². The number of nitrogens with two attached hydrogens (primary N) is 1. The van der Waals surface area contributed by atoms with Gasteiger partial charge in [0.05, 0.1) is 4.90 Å². The highest BCUT2D eigenvalue weighted by atomic mass is 32.2. The van der Waals surface area contributed by atoms with Gasteiger partial charge in [-0.15, -0.1) is 0 Å². The van der Waals surface area contributed by atoms with Gasteiger partial charge >= 0.3 is 0 Å². The minimum Gasteiger partial charge on any atom is -0.398 e. The highest BCUT2D eigenvalue weighted by Crippen LogP contribution is 2.12. The molecule has 0 aliphatic heterocycles. The van der Waals surface area contributed by atoms with Gasteiger partial charge in [0, 0.05) is 12.2 Å². The summed E-state index contributed by atoms with van der Waals surface area (Å²) in [4.78, 5) is 0.265. The van der Waals surface area contributed by atoms with Crippen LogP contribution >= 0.6 is 0 Å². The van der Waals surface area contributed by atoms with Crippen LogP contribution in [0.4, 0.5) is 5.69 Å². The summed E-state index contributed by atoms with van der Waals surface area (Å²) in [6, 6.07) is 14.1. The monoisotopic (exact) mass is 302 g/mol. The number of aryl methyl sites for hydroxylation is 1. The summed E-state index contributed by atoms with van der Waals surface area (Å²) in [6.45, 7) is 2.13. The summed E-state index contributed by atoms with van der Waals surface area (Å²) >= 11 is 0. The second-order valence-corrected chi connectivity index (χ2v) is 6.46. The van der Waals surface area contributed by atoms with Crippen LogP contribution in [0.3, 0.4) is 0 Å². The van der Waals surface area contributed by atoms with Crippen LogP contribution in [0.15, 0.2) is 59.5 Å². The number of hydrogen-bond donors (Lipinski definition) is 2. The number of nitrogen functional groups attached to an aromatic ring is 1. The van der Waals surface area contributed by atoms with Crippen LogP contribution in [0.25, 0.3) is 6.08 Å². The molecular formula is C16H18N2O2S. The van der Waals surface area contributed by atoms with Gasteiger partial charge in [0.15, 0.2) is 0 Å². The smallest absolute Gasteiger partial charge is 0.240 e. The number of rotatable bonds is 5. The molecule has 0 radical (unpaired) electrons. The molecule has 5 heteroatoms. The van der Waals surface area contributed by atoms with E-state index in [4.69, 9.17) is 5.73 Å². The van der Waals surface area contributed by atoms with Crippen molar-refractivity contribution >= 4 is 21.8 Å². The Morgan fingerprint density at radius 3 is 2.43 bits per heavy atom. The molecule has 0 spiro atoms. The fourth-order valence-corrected chi connectivity index (χ4v) is 2.78. The Kier molecular flexibility index (Phi) is 4.77. The maximum absolute atomic E-state index is 12.1. The Balaban J connectivity index is 1.99. The molecule has 2 aromatic rings. The van der Waals surface area contributed by atoms with E-state index in [-0.39, 0.29) is 11.4 Å². The van der Waals surface area contributed by atoms with Gasteiger partial charge in [0.2, 0.25) is 10.0 Å². The predicted octanol–water partition coefficient (Wildman–Crippen LogP) is 2.57. The lowest BCUT2D eigenvalue weighted by molar-refractivity contribution is 0.585. The highest BCUT2D eigenvalue weighted by molar-refractivity contribution is 7.89. The molecule has 2 aromatic carbocycles. The molecule has 0 aliphatic rings. The van der Waals surface area contributed by atoms with Gasteiger partial charge in [-0.25, -0.2) is 13.1 Å². The zero-order chi connectivity index (χ0) is 15.3. The van der Waals surface area contributed by atoms with Crippen molar-refractivity contribution in [1.29, 1.82) is 0 Å². The molecule has 0 saturated heterocycles. The first-order valence-corrected chi connectivity index (χ1v) is 8.05. The van der Waals surface area contributed by atoms with E-state index >= 15 is 0 Å². The second-order valence-electron chi connectivity index (χ2n) is 4.70. The minimum atomic E-state index is -3.47. The van der Waals surface area contributed by atoms with Crippen molar-refractivity contribution in [3.05, 3.63) is 65.7 Å². The summed E-state index contributed by atoms with van der Waals surface area (Å²) in [5.74, 6) is 0. The van der Waals surface area contributed by atoms with Crippen molar-refractivity contribution in [1.82, 2.24) is 4.72 Å². The van der Waals surface area contributed by atoms with Crippen molar-refractivity contribution in [2.75, 3.05) is 12.3 Å². The third kappa shape index (κ3) is 4.18. The van der Waals surface area contributed by atoms with E-state index in [9.17, 15) is 8.42 Å². The summed E-state index contributed by atoms with van der Waals surface area (Å²) in [5.41, 5.74) is 8.36. The van der Waals surface area contributed by atoms with Gasteiger partial charge in [-0.3, -0.25) is 0 Å². The minimum absolute atomic E-state index is 0.213. The first-order chi connectivity index (χ1) is 9.99. The van der Waals surface area contributed by atoms with E-state index in [1.807, 2.05) is 25.1 Å². The van der Waals surface area contributed by atoms with Crippen molar-refractivity contribution in [3.63, 3.8) is 0 Å². The molecular weight excluding hydrogens is 284 g/mol. The Hall–Kier alpha value is -2.11. The largest absolute Gasteiger partial charge is 0.398 e. The van der Waals surface area contributed by atoms with Crippen LogP contribution in [0.1, 0.15) is 11.1 Å². The van der Waals surface area contributed by atoms with Crippen LogP contribution in [-0.2, 0) is 10.0 Å². The zero-order valence-electron chi connectivity index (χ0n) is 11.8. The highest BCUT2D eigenvalue weighted by Gasteiger charge is 2.11. The van der Waals surface area contributed by atoms with Crippen LogP contribution in [0.5, 0.6) is 0 Å². The lowest BCUT2D eigenvalue weighted by atomic mass is 10.2. The zero-order valence-corrected chi connectivity index (χ0v) is 12.6. The first-order valence-electron chi connectivity index (χ1n) is 6.56. The van der Waals surface area contributed by atoms with Crippen LogP contribution in [0.2, 0.25) is 0 Å². The summed E-state index contributed by atoms with van der Waals surface area (Å²) in [5, 5.41) is 0. The molecule has 3 N–H and O–H groups in total. The molecule has 2 rings (SSSR count). The van der Waals surface area contributed by atoms with Gasteiger partial charge in [0.25, 0.3) is 0 Å². The van der Waals surface area contributed by atoms with Crippen LogP contribution < -0.4 is 10.5 Å². The summed E-state index contributed by atoms with van der Waals surface area (Å²) in [6.07, 6.45) is 3.53. The van der Waals surface area contributed by atoms with E-state index in [1.165, 1.54) is 0 Å². The van der Waals surface area contributed by atoms with Crippen molar-refractivity contribution < 1.29 is 8.42 Å². The maximum Gasteiger partial charge on any atom is 0.240 e. The van der Waals surface area contributed by atoms with Gasteiger partial charge in [0.1, 0.15) is 0 Å². The molecule has 0 saturated carbocycles. The molecule has 0 fully saturated rings. The standard InChI is InChI=1S/C16H18N2O2S/c1-13-8-10-15(11-9-13)21(19,20)18-12-4-6-14-5-2-3-7-16(14)17/h2-11,18H,12,17H2,1H3/b6-4+. The Morgan fingerprint density at radius 2 is 1.76 bits per heavy atom. The van der Waals surface area contributed by atoms with E-state index in [0.29, 0.717) is 5.69 Å². The Bertz CT molecular complexity index is 735. The molecule has 0 unspecified atom stereocenters. The molecule has 4 nitrogen and oxygen atoms in total. The fourth-order valence-electron chi connectivity index (χ4n) is 1.81. The van der Waals surface area contributed by atoms with Gasteiger partial charge in [-0.05, 0) is 30.7 Å². The SMILES string of the molecule is Cc1ccc(S(=O)(=O)NC/C=C/c2ccccc2N)cc1. The van der Waals surface area contributed by atoms with E-state index in [2.05, 4.69) is 4.72 Å². The fraction of sp³-hybridized carbons (Fsp3) is 0.125. The molecule has 0 amide bonds. The lowest BCUT2D eigenvalue weighted by Crippen LogP contribution is -2.23. The molecule has 0 aliphatic carbocycles. The van der Waals surface area contributed by atoms with Crippen LogP contribution in [-0.4, -0.2) is 15.0 Å². The molecule has 21 heavy (non-hydrogen) atoms. The summed E-state index contributed by atoms with van der Waals surface area (Å²) < 4.78 is 26.6. The van der Waals surface area contributed by atoms with E-state index in [0.717, 1.165) is 11.1 Å². The van der Waals surface area contributed by atoms with Crippen molar-refractivity contribution in [3.8, 4) is 0 Å². The Morgan fingerprint density at radius 1 is 1.10 bits per heavy atom. The average molecular weight is 302 g/mol. The number of hydrogen-bond acceptors (Lipinski definition) is 3. The molecule has 110 valence electrons. The topological polar surface area (TPSA) is 72.2 Å². The number of anilines is 1. The van der Waals surface area contributed by atoms with E-state index in [1.54, 1.807) is 42.5 Å². The molecule has 0 bridgehead atoms.